The average molecular weight is 391 g/mol. The first-order valence-corrected chi connectivity index (χ1v) is 9.54. The fraction of sp³-hybridized carbons (Fsp3) is 1.00. The lowest BCUT2D eigenvalue weighted by Crippen LogP contribution is -2.51. The molecule has 0 aromatic rings. The number of likely N-dealkylation sites (tertiary alicyclic amines) is 2. The number of halogens is 1. The van der Waals surface area contributed by atoms with Crippen LogP contribution in [0.3, 0.4) is 0 Å². The quantitative estimate of drug-likeness (QED) is 0.529. The van der Waals surface area contributed by atoms with Crippen molar-refractivity contribution in [3.8, 4) is 0 Å². The van der Waals surface area contributed by atoms with Crippen molar-refractivity contribution in [2.45, 2.75) is 51.5 Å². The third kappa shape index (κ3) is 3.50. The van der Waals surface area contributed by atoms with Crippen LogP contribution in [0.1, 0.15) is 45.4 Å². The fourth-order valence-electron chi connectivity index (χ4n) is 4.42. The summed E-state index contributed by atoms with van der Waals surface area (Å²) in [6, 6.07) is 0.889. The number of rotatable bonds is 2. The molecule has 1 spiro atoms. The minimum Gasteiger partial charge on any atom is -0.303 e. The zero-order valence-corrected chi connectivity index (χ0v) is 15.1. The van der Waals surface area contributed by atoms with Crippen LogP contribution < -0.4 is 0 Å². The van der Waals surface area contributed by atoms with E-state index in [1.54, 1.807) is 0 Å². The lowest BCUT2D eigenvalue weighted by molar-refractivity contribution is 0.0225. The van der Waals surface area contributed by atoms with E-state index in [0.717, 1.165) is 6.04 Å². The van der Waals surface area contributed by atoms with Crippen LogP contribution in [-0.4, -0.2) is 64.8 Å². The van der Waals surface area contributed by atoms with Gasteiger partial charge in [-0.15, -0.1) is 0 Å². The normalized spacial score (nSPS) is 30.9. The summed E-state index contributed by atoms with van der Waals surface area (Å²) in [5.41, 5.74) is 0.711. The Morgan fingerprint density at radius 3 is 2.00 bits per heavy atom. The van der Waals surface area contributed by atoms with Gasteiger partial charge in [-0.1, -0.05) is 6.92 Å². The van der Waals surface area contributed by atoms with E-state index in [0.29, 0.717) is 5.41 Å². The molecule has 3 aliphatic heterocycles. The first-order chi connectivity index (χ1) is 9.71. The van der Waals surface area contributed by atoms with Gasteiger partial charge in [0.1, 0.15) is 0 Å². The summed E-state index contributed by atoms with van der Waals surface area (Å²) >= 11 is 2.50. The Morgan fingerprint density at radius 2 is 1.45 bits per heavy atom. The van der Waals surface area contributed by atoms with Gasteiger partial charge >= 0.3 is 0 Å². The fourth-order valence-corrected chi connectivity index (χ4v) is 4.90. The molecule has 0 aliphatic carbocycles. The van der Waals surface area contributed by atoms with E-state index in [1.165, 1.54) is 84.3 Å². The van der Waals surface area contributed by atoms with E-state index >= 15 is 0 Å². The maximum Gasteiger partial charge on any atom is 0.0201 e. The molecule has 3 aliphatic rings. The van der Waals surface area contributed by atoms with Crippen LogP contribution in [0.15, 0.2) is 0 Å². The highest BCUT2D eigenvalue weighted by Gasteiger charge is 2.38. The molecule has 0 unspecified atom stereocenters. The molecule has 0 N–H and O–H groups in total. The smallest absolute Gasteiger partial charge is 0.0201 e. The van der Waals surface area contributed by atoms with E-state index in [-0.39, 0.29) is 0 Å². The number of nitrogens with zero attached hydrogens (tertiary/aromatic N) is 3. The summed E-state index contributed by atoms with van der Waals surface area (Å²) in [6.45, 7) is 11.6. The van der Waals surface area contributed by atoms with Crippen LogP contribution >= 0.6 is 22.9 Å². The Morgan fingerprint density at radius 1 is 0.900 bits per heavy atom. The molecular weight excluding hydrogens is 361 g/mol. The summed E-state index contributed by atoms with van der Waals surface area (Å²) in [4.78, 5) is 5.44. The van der Waals surface area contributed by atoms with Gasteiger partial charge in [0.15, 0.2) is 0 Å². The van der Waals surface area contributed by atoms with Crippen molar-refractivity contribution in [2.75, 3.05) is 45.8 Å². The Balaban J connectivity index is 1.47. The molecule has 0 saturated carbocycles. The van der Waals surface area contributed by atoms with E-state index in [1.807, 2.05) is 0 Å². The maximum atomic E-state index is 2.83. The van der Waals surface area contributed by atoms with Gasteiger partial charge in [0.05, 0.1) is 0 Å². The van der Waals surface area contributed by atoms with Gasteiger partial charge in [-0.2, -0.15) is 0 Å². The van der Waals surface area contributed by atoms with E-state index < -0.39 is 0 Å². The average Bonchev–Trinajstić information content (AvgIpc) is 2.52. The van der Waals surface area contributed by atoms with Gasteiger partial charge in [0.2, 0.25) is 0 Å². The minimum absolute atomic E-state index is 0.711. The molecule has 0 aromatic heterocycles. The Hall–Kier alpha value is 0.610. The van der Waals surface area contributed by atoms with Gasteiger partial charge < -0.3 is 9.80 Å². The molecule has 0 amide bonds. The number of hydrogen-bond acceptors (Lipinski definition) is 3. The van der Waals surface area contributed by atoms with Crippen LogP contribution in [0.25, 0.3) is 0 Å². The largest absolute Gasteiger partial charge is 0.303 e. The molecule has 3 heterocycles. The first kappa shape index (κ1) is 15.5. The molecule has 0 atom stereocenters. The molecule has 20 heavy (non-hydrogen) atoms. The number of piperidine rings is 3. The topological polar surface area (TPSA) is 9.72 Å². The summed E-state index contributed by atoms with van der Waals surface area (Å²) in [6.07, 6.45) is 8.62. The van der Waals surface area contributed by atoms with Crippen LogP contribution in [0.5, 0.6) is 0 Å². The minimum atomic E-state index is 0.711. The highest BCUT2D eigenvalue weighted by atomic mass is 127. The molecule has 3 nitrogen and oxygen atoms in total. The van der Waals surface area contributed by atoms with Crippen LogP contribution in [0.4, 0.5) is 0 Å². The first-order valence-electron chi connectivity index (χ1n) is 8.58. The molecule has 3 saturated heterocycles. The van der Waals surface area contributed by atoms with Gasteiger partial charge in [0, 0.05) is 42.0 Å². The van der Waals surface area contributed by atoms with Gasteiger partial charge in [0.25, 0.3) is 0 Å². The highest BCUT2D eigenvalue weighted by Crippen LogP contribution is 2.42. The summed E-state index contributed by atoms with van der Waals surface area (Å²) < 4.78 is 2.48. The lowest BCUT2D eigenvalue weighted by atomic mass is 9.71. The second-order valence-corrected chi connectivity index (χ2v) is 8.48. The van der Waals surface area contributed by atoms with Gasteiger partial charge in [-0.25, -0.2) is 3.11 Å². The van der Waals surface area contributed by atoms with Crippen molar-refractivity contribution >= 4 is 22.9 Å². The van der Waals surface area contributed by atoms with E-state index in [4.69, 9.17) is 0 Å². The second kappa shape index (κ2) is 6.80. The molecular formula is C16H30IN3. The molecule has 4 heteroatoms. The second-order valence-electron chi connectivity index (χ2n) is 7.11. The summed E-state index contributed by atoms with van der Waals surface area (Å²) in [5.74, 6) is 0. The molecule has 3 rings (SSSR count). The predicted molar refractivity (Wildman–Crippen MR) is 93.2 cm³/mol. The van der Waals surface area contributed by atoms with Crippen LogP contribution in [-0.2, 0) is 0 Å². The Bertz CT molecular complexity index is 297. The Kier molecular flexibility index (Phi) is 5.27. The molecule has 0 bridgehead atoms. The zero-order valence-electron chi connectivity index (χ0n) is 13.0. The standard InChI is InChI=1S/C16H30IN3/c1-2-18-9-3-15(4-10-18)19-11-5-16(6-12-19)7-13-20(17)14-8-16/h15H,2-14H2,1H3. The van der Waals surface area contributed by atoms with Gasteiger partial charge in [-0.05, 0) is 76.7 Å². The van der Waals surface area contributed by atoms with Crippen molar-refractivity contribution in [1.82, 2.24) is 12.9 Å². The maximum absolute atomic E-state index is 2.83. The molecule has 0 radical (unpaired) electrons. The predicted octanol–water partition coefficient (Wildman–Crippen LogP) is 3.00. The van der Waals surface area contributed by atoms with Crippen LogP contribution in [0.2, 0.25) is 0 Å². The highest BCUT2D eigenvalue weighted by molar-refractivity contribution is 14.1. The van der Waals surface area contributed by atoms with Crippen molar-refractivity contribution in [1.29, 1.82) is 0 Å². The zero-order chi connectivity index (χ0) is 14.0. The van der Waals surface area contributed by atoms with Crippen molar-refractivity contribution in [3.63, 3.8) is 0 Å². The Labute approximate surface area is 138 Å². The summed E-state index contributed by atoms with van der Waals surface area (Å²) in [7, 11) is 0. The van der Waals surface area contributed by atoms with Gasteiger partial charge in [-0.3, -0.25) is 0 Å². The third-order valence-corrected chi connectivity index (χ3v) is 7.11. The van der Waals surface area contributed by atoms with Crippen molar-refractivity contribution < 1.29 is 0 Å². The van der Waals surface area contributed by atoms with Crippen molar-refractivity contribution in [2.24, 2.45) is 5.41 Å². The SMILES string of the molecule is CCN1CCC(N2CCC3(CCN(I)CC3)CC2)CC1. The van der Waals surface area contributed by atoms with Crippen molar-refractivity contribution in [3.05, 3.63) is 0 Å². The van der Waals surface area contributed by atoms with E-state index in [2.05, 4.69) is 42.7 Å². The molecule has 3 fully saturated rings. The monoisotopic (exact) mass is 391 g/mol. The third-order valence-electron chi connectivity index (χ3n) is 6.15. The molecule has 116 valence electrons. The number of hydrogen-bond donors (Lipinski definition) is 0. The van der Waals surface area contributed by atoms with Crippen LogP contribution in [0, 0.1) is 5.41 Å². The molecule has 0 aromatic carbocycles. The summed E-state index contributed by atoms with van der Waals surface area (Å²) in [5, 5.41) is 0. The lowest BCUT2D eigenvalue weighted by Gasteiger charge is -2.48. The van der Waals surface area contributed by atoms with E-state index in [9.17, 15) is 0 Å².